The smallest absolute Gasteiger partial charge is 0.159 e. The number of pyridine rings is 2. The van der Waals surface area contributed by atoms with Crippen molar-refractivity contribution < 1.29 is 14.2 Å². The van der Waals surface area contributed by atoms with Gasteiger partial charge in [0.25, 0.3) is 0 Å². The number of β-amino-alcohol motifs (C(OH)–C–C–N with tert-alkyl or cyclic N) is 1. The largest absolute Gasteiger partial charge is 0.390 e. The zero-order valence-corrected chi connectivity index (χ0v) is 21.1. The van der Waals surface area contributed by atoms with Gasteiger partial charge in [-0.05, 0) is 37.4 Å². The molecule has 8 nitrogen and oxygen atoms in total. The third-order valence-electron chi connectivity index (χ3n) is 7.08. The molecule has 6 rings (SSSR count). The number of benzene rings is 1. The van der Waals surface area contributed by atoms with Crippen molar-refractivity contribution in [2.45, 2.75) is 25.4 Å². The van der Waals surface area contributed by atoms with Gasteiger partial charge in [0.15, 0.2) is 5.82 Å². The minimum Gasteiger partial charge on any atom is -0.390 e. The van der Waals surface area contributed by atoms with E-state index in [2.05, 4.69) is 11.1 Å². The Morgan fingerprint density at radius 2 is 2.08 bits per heavy atom. The van der Waals surface area contributed by atoms with Crippen LogP contribution in [0, 0.1) is 17.1 Å². The van der Waals surface area contributed by atoms with Gasteiger partial charge in [-0.25, -0.2) is 9.37 Å². The molecule has 1 saturated heterocycles. The van der Waals surface area contributed by atoms with Crippen molar-refractivity contribution in [3.8, 4) is 17.3 Å². The van der Waals surface area contributed by atoms with Crippen molar-refractivity contribution in [1.82, 2.24) is 14.9 Å². The van der Waals surface area contributed by atoms with Gasteiger partial charge in [0, 0.05) is 29.4 Å². The van der Waals surface area contributed by atoms with Crippen LogP contribution in [0.1, 0.15) is 16.7 Å². The van der Waals surface area contributed by atoms with Gasteiger partial charge < -0.3 is 25.4 Å². The van der Waals surface area contributed by atoms with E-state index in [0.29, 0.717) is 59.3 Å². The molecule has 2 atom stereocenters. The van der Waals surface area contributed by atoms with Crippen molar-refractivity contribution >= 4 is 54.7 Å². The number of hydrogen-bond donors (Lipinski definition) is 2. The second-order valence-corrected chi connectivity index (χ2v) is 10.7. The molecule has 0 spiro atoms. The van der Waals surface area contributed by atoms with Crippen molar-refractivity contribution in [2.24, 2.45) is 0 Å². The van der Waals surface area contributed by atoms with E-state index < -0.39 is 11.9 Å². The monoisotopic (exact) mass is 524 g/mol. The molecule has 0 saturated carbocycles. The normalized spacial score (nSPS) is 19.5. The van der Waals surface area contributed by atoms with Crippen LogP contribution < -0.4 is 10.6 Å². The Morgan fingerprint density at radius 1 is 1.31 bits per heavy atom. The summed E-state index contributed by atoms with van der Waals surface area (Å²) >= 11 is 8.07. The van der Waals surface area contributed by atoms with Crippen LogP contribution in [0.4, 0.5) is 15.2 Å². The summed E-state index contributed by atoms with van der Waals surface area (Å²) in [4.78, 5) is 13.3. The Morgan fingerprint density at radius 3 is 2.81 bits per heavy atom. The number of thiophene rings is 1. The molecule has 0 bridgehead atoms. The fourth-order valence-electron chi connectivity index (χ4n) is 5.28. The molecule has 1 fully saturated rings. The molecule has 5 heterocycles. The van der Waals surface area contributed by atoms with E-state index in [1.165, 1.54) is 0 Å². The molecule has 0 aliphatic carbocycles. The summed E-state index contributed by atoms with van der Waals surface area (Å²) in [5.41, 5.74) is 9.56. The molecular formula is C25H22ClFN6O2S. The predicted octanol–water partition coefficient (Wildman–Crippen LogP) is 3.90. The summed E-state index contributed by atoms with van der Waals surface area (Å²) in [6.45, 7) is 1.78. The molecular weight excluding hydrogens is 503 g/mol. The molecule has 3 aromatic heterocycles. The molecule has 11 heteroatoms. The number of halogens is 2. The first-order chi connectivity index (χ1) is 17.3. The van der Waals surface area contributed by atoms with E-state index in [0.717, 1.165) is 34.0 Å². The lowest BCUT2D eigenvalue weighted by atomic mass is 9.94. The predicted molar refractivity (Wildman–Crippen MR) is 139 cm³/mol. The summed E-state index contributed by atoms with van der Waals surface area (Å²) in [5, 5.41) is 22.1. The lowest BCUT2D eigenvalue weighted by Gasteiger charge is -2.22. The number of nitriles is 1. The van der Waals surface area contributed by atoms with E-state index in [-0.39, 0.29) is 21.3 Å². The molecule has 0 radical (unpaired) electrons. The molecule has 4 aromatic rings. The fraction of sp³-hybridized carbons (Fsp3) is 0.320. The zero-order chi connectivity index (χ0) is 25.3. The third-order valence-corrected chi connectivity index (χ3v) is 8.48. The van der Waals surface area contributed by atoms with Crippen LogP contribution in [0.15, 0.2) is 18.3 Å². The maximum atomic E-state index is 14.7. The van der Waals surface area contributed by atoms with Crippen LogP contribution in [-0.4, -0.2) is 59.3 Å². The average Bonchev–Trinajstić information content (AvgIpc) is 3.57. The van der Waals surface area contributed by atoms with Gasteiger partial charge in [0.1, 0.15) is 16.9 Å². The lowest BCUT2D eigenvalue weighted by molar-refractivity contribution is 0.114. The molecule has 0 amide bonds. The molecule has 0 unspecified atom stereocenters. The first-order valence-electron chi connectivity index (χ1n) is 11.4. The first kappa shape index (κ1) is 23.3. The van der Waals surface area contributed by atoms with E-state index >= 15 is 0 Å². The third kappa shape index (κ3) is 3.35. The fourth-order valence-corrected chi connectivity index (χ4v) is 6.55. The highest BCUT2D eigenvalue weighted by Gasteiger charge is 2.34. The summed E-state index contributed by atoms with van der Waals surface area (Å²) < 4.78 is 20.7. The quantitative estimate of drug-likeness (QED) is 0.415. The number of ether oxygens (including phenoxy) is 1. The van der Waals surface area contributed by atoms with E-state index in [1.807, 2.05) is 36.0 Å². The minimum atomic E-state index is -0.541. The van der Waals surface area contributed by atoms with Crippen LogP contribution in [0.25, 0.3) is 32.2 Å². The number of aliphatic hydroxyl groups excluding tert-OH is 1. The van der Waals surface area contributed by atoms with Crippen molar-refractivity contribution in [2.75, 3.05) is 37.8 Å². The summed E-state index contributed by atoms with van der Waals surface area (Å²) in [6, 6.07) is 6.00. The van der Waals surface area contributed by atoms with Gasteiger partial charge in [-0.3, -0.25) is 4.98 Å². The molecule has 3 N–H and O–H groups in total. The van der Waals surface area contributed by atoms with Gasteiger partial charge >= 0.3 is 0 Å². The number of likely N-dealkylation sites (N-methyl/N-ethyl adjacent to an activating group) is 1. The van der Waals surface area contributed by atoms with Crippen LogP contribution >= 0.6 is 22.9 Å². The second-order valence-electron chi connectivity index (χ2n) is 9.32. The SMILES string of the molecule is CN(C)[C@H]1CN(c2ccc3c4c(c(-c5ncc(F)c6sc(N)c(C#N)c56)c(Cl)c3n2)COC4)C[C@H]1O. The highest BCUT2D eigenvalue weighted by atomic mass is 35.5. The minimum absolute atomic E-state index is 0.00731. The Balaban J connectivity index is 1.59. The molecule has 36 heavy (non-hydrogen) atoms. The summed E-state index contributed by atoms with van der Waals surface area (Å²) in [6.07, 6.45) is 0.635. The Labute approximate surface area is 215 Å². The Kier molecular flexibility index (Phi) is 5.51. The van der Waals surface area contributed by atoms with Crippen LogP contribution in [0.3, 0.4) is 0 Å². The number of aliphatic hydroxyl groups is 1. The summed E-state index contributed by atoms with van der Waals surface area (Å²) in [7, 11) is 3.89. The summed E-state index contributed by atoms with van der Waals surface area (Å²) in [5.74, 6) is 0.160. The number of rotatable bonds is 3. The van der Waals surface area contributed by atoms with Crippen molar-refractivity contribution in [3.63, 3.8) is 0 Å². The zero-order valence-electron chi connectivity index (χ0n) is 19.5. The van der Waals surface area contributed by atoms with Crippen molar-refractivity contribution in [1.29, 1.82) is 5.26 Å². The number of nitrogen functional groups attached to an aromatic ring is 1. The molecule has 1 aromatic carbocycles. The number of anilines is 2. The van der Waals surface area contributed by atoms with Gasteiger partial charge in [-0.1, -0.05) is 11.6 Å². The van der Waals surface area contributed by atoms with Crippen LogP contribution in [0.5, 0.6) is 0 Å². The number of nitrogens with two attached hydrogens (primary N) is 1. The van der Waals surface area contributed by atoms with E-state index in [4.69, 9.17) is 27.1 Å². The second kappa shape index (κ2) is 8.50. The van der Waals surface area contributed by atoms with Crippen LogP contribution in [0.2, 0.25) is 5.02 Å². The first-order valence-corrected chi connectivity index (χ1v) is 12.6. The molecule has 184 valence electrons. The molecule has 2 aliphatic heterocycles. The Hall–Kier alpha value is -3.07. The van der Waals surface area contributed by atoms with Gasteiger partial charge in [-0.15, -0.1) is 11.3 Å². The van der Waals surface area contributed by atoms with Gasteiger partial charge in [0.05, 0.1) is 58.1 Å². The number of hydrogen-bond acceptors (Lipinski definition) is 9. The van der Waals surface area contributed by atoms with E-state index in [1.54, 1.807) is 0 Å². The van der Waals surface area contributed by atoms with E-state index in [9.17, 15) is 14.8 Å². The highest BCUT2D eigenvalue weighted by molar-refractivity contribution is 7.23. The lowest BCUT2D eigenvalue weighted by Crippen LogP contribution is -2.38. The average molecular weight is 525 g/mol. The van der Waals surface area contributed by atoms with Crippen molar-refractivity contribution in [3.05, 3.63) is 45.9 Å². The number of fused-ring (bicyclic) bond motifs is 4. The number of aromatic nitrogens is 2. The number of nitrogens with zero attached hydrogens (tertiary/aromatic N) is 5. The Bertz CT molecular complexity index is 1600. The maximum Gasteiger partial charge on any atom is 0.159 e. The van der Waals surface area contributed by atoms with Gasteiger partial charge in [0.2, 0.25) is 0 Å². The molecule has 2 aliphatic rings. The standard InChI is InChI=1S/C25H22ClFN6O2S/c1-32(2)16-7-33(8-17(16)34)18-4-3-11-13-9-35-10-14(13)19(21(26)22(11)31-18)23-20-12(5-28)25(29)36-24(20)15(27)6-30-23/h3-4,6,16-17,34H,7-10,29H2,1-2H3/t16-,17+/m0/s1. The van der Waals surface area contributed by atoms with Crippen LogP contribution in [-0.2, 0) is 18.0 Å². The highest BCUT2D eigenvalue weighted by Crippen LogP contribution is 2.47. The topological polar surface area (TPSA) is 112 Å². The van der Waals surface area contributed by atoms with Gasteiger partial charge in [-0.2, -0.15) is 5.26 Å². The maximum absolute atomic E-state index is 14.7.